The number of halogens is 1. The van der Waals surface area contributed by atoms with Crippen molar-refractivity contribution >= 4 is 55.2 Å². The minimum absolute atomic E-state index is 0.0275. The second kappa shape index (κ2) is 8.79. The minimum atomic E-state index is -0.924. The molecule has 176 valence electrons. The number of benzene rings is 2. The van der Waals surface area contributed by atoms with Crippen molar-refractivity contribution in [2.24, 2.45) is 0 Å². The third-order valence-corrected chi connectivity index (χ3v) is 7.16. The number of fused-ring (bicyclic) bond motifs is 2. The lowest BCUT2D eigenvalue weighted by Gasteiger charge is -2.22. The largest absolute Gasteiger partial charge is 0.508 e. The molecule has 0 radical (unpaired) electrons. The van der Waals surface area contributed by atoms with Crippen LogP contribution >= 0.6 is 27.3 Å². The number of carbonyl (C=O) groups is 2. The van der Waals surface area contributed by atoms with E-state index < -0.39 is 17.9 Å². The average Bonchev–Trinajstić information content (AvgIpc) is 3.35. The van der Waals surface area contributed by atoms with Crippen molar-refractivity contribution < 1.29 is 23.8 Å². The zero-order valence-corrected chi connectivity index (χ0v) is 20.7. The lowest BCUT2D eigenvalue weighted by atomic mass is 9.98. The third-order valence-electron chi connectivity index (χ3n) is 5.53. The molecule has 0 saturated carbocycles. The Morgan fingerprint density at radius 1 is 1.31 bits per heavy atom. The molecule has 0 bridgehead atoms. The highest BCUT2D eigenvalue weighted by Crippen LogP contribution is 2.43. The number of phenolic OH excluding ortho intramolecular Hbond substituents is 1. The Kier molecular flexibility index (Phi) is 5.78. The first-order chi connectivity index (χ1) is 16.8. The molecule has 0 spiro atoms. The summed E-state index contributed by atoms with van der Waals surface area (Å²) < 4.78 is 11.7. The molecule has 0 aliphatic carbocycles. The third kappa shape index (κ3) is 3.84. The van der Waals surface area contributed by atoms with Crippen LogP contribution in [0.3, 0.4) is 0 Å². The number of aromatic hydroxyl groups is 1. The molecule has 0 fully saturated rings. The molecule has 1 aliphatic heterocycles. The molecule has 3 heterocycles. The van der Waals surface area contributed by atoms with Crippen molar-refractivity contribution in [2.45, 2.75) is 13.0 Å². The first-order valence-corrected chi connectivity index (χ1v) is 12.0. The number of aryl methyl sites for hydroxylation is 1. The van der Waals surface area contributed by atoms with E-state index in [9.17, 15) is 19.5 Å². The summed E-state index contributed by atoms with van der Waals surface area (Å²) in [7, 11) is 0. The lowest BCUT2D eigenvalue weighted by molar-refractivity contribution is 0.0554. The molecule has 8 nitrogen and oxygen atoms in total. The van der Waals surface area contributed by atoms with Crippen LogP contribution in [0.1, 0.15) is 43.1 Å². The normalized spacial score (nSPS) is 14.9. The maximum atomic E-state index is 13.6. The van der Waals surface area contributed by atoms with Gasteiger partial charge < -0.3 is 14.3 Å². The first kappa shape index (κ1) is 23.0. The first-order valence-electron chi connectivity index (χ1n) is 10.4. The number of phenols is 1. The topological polar surface area (TPSA) is 110 Å². The van der Waals surface area contributed by atoms with Crippen LogP contribution in [0.5, 0.6) is 5.75 Å². The van der Waals surface area contributed by atoms with Crippen LogP contribution in [-0.2, 0) is 4.74 Å². The van der Waals surface area contributed by atoms with Crippen molar-refractivity contribution in [2.75, 3.05) is 11.5 Å². The van der Waals surface area contributed by atoms with Crippen LogP contribution in [0.2, 0.25) is 0 Å². The van der Waals surface area contributed by atoms with Gasteiger partial charge in [-0.25, -0.2) is 9.78 Å². The van der Waals surface area contributed by atoms with E-state index in [2.05, 4.69) is 27.5 Å². The fourth-order valence-electron chi connectivity index (χ4n) is 4.03. The number of esters is 1. The average molecular weight is 553 g/mol. The van der Waals surface area contributed by atoms with Gasteiger partial charge in [-0.15, -0.1) is 0 Å². The Balaban J connectivity index is 1.73. The zero-order valence-electron chi connectivity index (χ0n) is 18.3. The van der Waals surface area contributed by atoms with Gasteiger partial charge in [0.25, 0.3) is 5.91 Å². The number of rotatable bonds is 5. The number of aromatic nitrogens is 1. The molecule has 4 aromatic rings. The van der Waals surface area contributed by atoms with Gasteiger partial charge in [-0.05, 0) is 42.8 Å². The summed E-state index contributed by atoms with van der Waals surface area (Å²) in [5.41, 5.74) is 0.902. The van der Waals surface area contributed by atoms with Crippen molar-refractivity contribution in [3.8, 4) is 5.75 Å². The summed E-state index contributed by atoms with van der Waals surface area (Å²) in [5.74, 6) is -1.30. The predicted octanol–water partition coefficient (Wildman–Crippen LogP) is 5.12. The molecule has 1 N–H and O–H groups in total. The van der Waals surface area contributed by atoms with Crippen LogP contribution in [0.15, 0.2) is 68.8 Å². The molecule has 1 unspecified atom stereocenters. The number of amides is 1. The van der Waals surface area contributed by atoms with E-state index in [1.807, 2.05) is 0 Å². The number of anilines is 1. The Morgan fingerprint density at radius 2 is 2.11 bits per heavy atom. The molecule has 2 aromatic carbocycles. The molecule has 5 rings (SSSR count). The molecular formula is C25H17BrN2O6S. The second-order valence-electron chi connectivity index (χ2n) is 7.79. The van der Waals surface area contributed by atoms with Gasteiger partial charge in [0.05, 0.1) is 22.7 Å². The highest BCUT2D eigenvalue weighted by atomic mass is 79.9. The Bertz CT molecular complexity index is 1590. The smallest absolute Gasteiger partial charge is 0.350 e. The van der Waals surface area contributed by atoms with Gasteiger partial charge in [0.1, 0.15) is 22.8 Å². The van der Waals surface area contributed by atoms with Crippen LogP contribution in [0, 0.1) is 6.92 Å². The van der Waals surface area contributed by atoms with Crippen LogP contribution < -0.4 is 10.3 Å². The monoisotopic (exact) mass is 552 g/mol. The van der Waals surface area contributed by atoms with Crippen LogP contribution in [0.4, 0.5) is 5.13 Å². The fraction of sp³-hybridized carbons (Fsp3) is 0.120. The van der Waals surface area contributed by atoms with Crippen molar-refractivity contribution in [1.29, 1.82) is 0 Å². The molecule has 1 amide bonds. The quantitative estimate of drug-likeness (QED) is 0.270. The molecule has 35 heavy (non-hydrogen) atoms. The highest BCUT2D eigenvalue weighted by molar-refractivity contribution is 9.10. The summed E-state index contributed by atoms with van der Waals surface area (Å²) in [4.78, 5) is 45.8. The van der Waals surface area contributed by atoms with Gasteiger partial charge in [0.15, 0.2) is 10.6 Å². The van der Waals surface area contributed by atoms with Crippen molar-refractivity contribution in [3.63, 3.8) is 0 Å². The van der Waals surface area contributed by atoms with Crippen LogP contribution in [0.25, 0.3) is 11.0 Å². The van der Waals surface area contributed by atoms with E-state index >= 15 is 0 Å². The number of thiazole rings is 1. The number of hydrogen-bond donors (Lipinski definition) is 1. The van der Waals surface area contributed by atoms with Crippen molar-refractivity contribution in [1.82, 2.24) is 4.98 Å². The van der Waals surface area contributed by atoms with E-state index in [1.165, 1.54) is 23.1 Å². The van der Waals surface area contributed by atoms with Gasteiger partial charge in [0, 0.05) is 4.47 Å². The van der Waals surface area contributed by atoms with Gasteiger partial charge in [-0.1, -0.05) is 52.1 Å². The van der Waals surface area contributed by atoms with E-state index in [0.29, 0.717) is 21.1 Å². The van der Waals surface area contributed by atoms with Crippen molar-refractivity contribution in [3.05, 3.63) is 97.3 Å². The molecular weight excluding hydrogens is 536 g/mol. The summed E-state index contributed by atoms with van der Waals surface area (Å²) in [6.07, 6.45) is 1.45. The lowest BCUT2D eigenvalue weighted by Crippen LogP contribution is -2.29. The van der Waals surface area contributed by atoms with Gasteiger partial charge in [0.2, 0.25) is 5.76 Å². The molecule has 0 saturated heterocycles. The molecule has 1 aliphatic rings. The highest BCUT2D eigenvalue weighted by Gasteiger charge is 2.45. The summed E-state index contributed by atoms with van der Waals surface area (Å²) >= 11 is 4.35. The number of carbonyl (C=O) groups excluding carboxylic acids is 2. The predicted molar refractivity (Wildman–Crippen MR) is 134 cm³/mol. The molecule has 1 atom stereocenters. The number of hydrogen-bond acceptors (Lipinski definition) is 8. The number of ether oxygens (including phenoxy) is 1. The number of nitrogens with zero attached hydrogens (tertiary/aromatic N) is 2. The SMILES string of the molecule is C=CCOC(=O)c1sc(N2C(=O)c3oc4ccc(Br)cc4c(=O)c3C2c2cccc(O)c2)nc1C. The molecule has 2 aromatic heterocycles. The standard InChI is InChI=1S/C25H17BrN2O6S/c1-3-9-33-24(32)22-12(2)27-25(35-22)28-19(13-5-4-6-15(29)10-13)18-20(30)16-11-14(26)7-8-17(16)34-21(18)23(28)31/h3-8,10-11,19,29H,1,9H2,2H3. The summed E-state index contributed by atoms with van der Waals surface area (Å²) in [6.45, 7) is 5.20. The Morgan fingerprint density at radius 3 is 2.86 bits per heavy atom. The zero-order chi connectivity index (χ0) is 24.9. The maximum Gasteiger partial charge on any atom is 0.350 e. The van der Waals surface area contributed by atoms with Gasteiger partial charge in [-0.2, -0.15) is 0 Å². The second-order valence-corrected chi connectivity index (χ2v) is 9.68. The van der Waals surface area contributed by atoms with E-state index in [0.717, 1.165) is 11.3 Å². The fourth-order valence-corrected chi connectivity index (χ4v) is 5.38. The van der Waals surface area contributed by atoms with E-state index in [4.69, 9.17) is 9.15 Å². The Hall–Kier alpha value is -3.76. The van der Waals surface area contributed by atoms with Gasteiger partial charge in [-0.3, -0.25) is 14.5 Å². The Labute approximate surface area is 211 Å². The van der Waals surface area contributed by atoms with Crippen LogP contribution in [-0.4, -0.2) is 28.6 Å². The maximum absolute atomic E-state index is 13.6. The van der Waals surface area contributed by atoms with E-state index in [1.54, 1.807) is 37.3 Å². The van der Waals surface area contributed by atoms with Gasteiger partial charge >= 0.3 is 5.97 Å². The van der Waals surface area contributed by atoms with E-state index in [-0.39, 0.29) is 44.7 Å². The minimum Gasteiger partial charge on any atom is -0.508 e. The summed E-state index contributed by atoms with van der Waals surface area (Å²) in [5, 5.41) is 10.6. The summed E-state index contributed by atoms with van der Waals surface area (Å²) in [6, 6.07) is 10.3. The molecule has 10 heteroatoms.